The van der Waals surface area contributed by atoms with Crippen molar-refractivity contribution >= 4 is 23.2 Å². The molecule has 0 atom stereocenters. The van der Waals surface area contributed by atoms with Crippen molar-refractivity contribution in [3.8, 4) is 11.5 Å². The zero-order valence-electron chi connectivity index (χ0n) is 17.0. The van der Waals surface area contributed by atoms with Gasteiger partial charge in [0.15, 0.2) is 11.5 Å². The summed E-state index contributed by atoms with van der Waals surface area (Å²) in [7, 11) is 2.91. The molecule has 3 rings (SSSR count). The van der Waals surface area contributed by atoms with Crippen LogP contribution in [0.3, 0.4) is 0 Å². The fraction of sp³-hybridized carbons (Fsp3) is 0.300. The van der Waals surface area contributed by atoms with Crippen LogP contribution < -0.4 is 25.2 Å². The maximum absolute atomic E-state index is 12.4. The van der Waals surface area contributed by atoms with Gasteiger partial charge in [-0.2, -0.15) is 0 Å². The molecule has 1 heterocycles. The van der Waals surface area contributed by atoms with Crippen LogP contribution in [0.1, 0.15) is 20.7 Å². The van der Waals surface area contributed by atoms with E-state index in [-0.39, 0.29) is 16.8 Å². The van der Waals surface area contributed by atoms with Crippen LogP contribution in [-0.2, 0) is 4.74 Å². The molecule has 0 bridgehead atoms. The molecule has 2 amide bonds. The van der Waals surface area contributed by atoms with E-state index in [1.165, 1.54) is 44.6 Å². The van der Waals surface area contributed by atoms with E-state index in [0.717, 1.165) is 0 Å². The predicted octanol–water partition coefficient (Wildman–Crippen LogP) is 1.52. The Bertz CT molecular complexity index is 989. The molecule has 0 radical (unpaired) electrons. The summed E-state index contributed by atoms with van der Waals surface area (Å²) in [5, 5.41) is 11.5. The van der Waals surface area contributed by atoms with Gasteiger partial charge in [0.25, 0.3) is 17.5 Å². The Labute approximate surface area is 178 Å². The molecule has 1 aliphatic rings. The number of methoxy groups -OCH3 is 2. The molecule has 164 valence electrons. The first-order chi connectivity index (χ1) is 14.9. The molecule has 0 unspecified atom stereocenters. The predicted molar refractivity (Wildman–Crippen MR) is 111 cm³/mol. The topological polar surface area (TPSA) is 132 Å². The van der Waals surface area contributed by atoms with Crippen LogP contribution in [0.4, 0.5) is 11.4 Å². The summed E-state index contributed by atoms with van der Waals surface area (Å²) in [5.41, 5.74) is 5.03. The number of rotatable bonds is 6. The largest absolute Gasteiger partial charge is 0.493 e. The molecular formula is C20H22N4O7. The first-order valence-electron chi connectivity index (χ1n) is 9.38. The van der Waals surface area contributed by atoms with Gasteiger partial charge in [0.05, 0.1) is 32.4 Å². The van der Waals surface area contributed by atoms with Gasteiger partial charge in [0.1, 0.15) is 5.69 Å². The standard InChI is InChI=1S/C20H22N4O7/c1-29-17-6-4-14(12-18(17)30-2)20(26)22-21-19(25)13-3-5-15(16(11-13)24(27)28)23-7-9-31-10-8-23/h3-6,11-12H,7-10H2,1-2H3,(H,21,25)(H,22,26). The van der Waals surface area contributed by atoms with Crippen LogP contribution in [0.25, 0.3) is 0 Å². The summed E-state index contributed by atoms with van der Waals surface area (Å²) >= 11 is 0. The molecule has 0 aliphatic carbocycles. The van der Waals surface area contributed by atoms with E-state index in [4.69, 9.17) is 14.2 Å². The van der Waals surface area contributed by atoms with E-state index in [1.54, 1.807) is 6.07 Å². The van der Waals surface area contributed by atoms with Gasteiger partial charge in [-0.15, -0.1) is 0 Å². The van der Waals surface area contributed by atoms with Crippen molar-refractivity contribution in [2.24, 2.45) is 0 Å². The van der Waals surface area contributed by atoms with E-state index in [2.05, 4.69) is 10.9 Å². The Morgan fingerprint density at radius 3 is 2.13 bits per heavy atom. The fourth-order valence-corrected chi connectivity index (χ4v) is 3.12. The third kappa shape index (κ3) is 5.01. The highest BCUT2D eigenvalue weighted by Gasteiger charge is 2.23. The second kappa shape index (κ2) is 9.76. The monoisotopic (exact) mass is 430 g/mol. The lowest BCUT2D eigenvalue weighted by atomic mass is 10.1. The Morgan fingerprint density at radius 1 is 0.968 bits per heavy atom. The number of nitrogens with zero attached hydrogens (tertiary/aromatic N) is 2. The lowest BCUT2D eigenvalue weighted by Gasteiger charge is -2.28. The van der Waals surface area contributed by atoms with Crippen molar-refractivity contribution in [2.75, 3.05) is 45.4 Å². The van der Waals surface area contributed by atoms with Crippen LogP contribution in [0.15, 0.2) is 36.4 Å². The van der Waals surface area contributed by atoms with Crippen molar-refractivity contribution in [3.05, 3.63) is 57.6 Å². The lowest BCUT2D eigenvalue weighted by molar-refractivity contribution is -0.384. The minimum Gasteiger partial charge on any atom is -0.493 e. The van der Waals surface area contributed by atoms with Crippen LogP contribution >= 0.6 is 0 Å². The maximum Gasteiger partial charge on any atom is 0.293 e. The summed E-state index contributed by atoms with van der Waals surface area (Å²) in [6, 6.07) is 8.70. The number of nitro benzene ring substituents is 1. The van der Waals surface area contributed by atoms with Crippen LogP contribution in [0.5, 0.6) is 11.5 Å². The minimum absolute atomic E-state index is 0.0383. The second-order valence-corrected chi connectivity index (χ2v) is 6.54. The molecule has 2 aromatic rings. The quantitative estimate of drug-likeness (QED) is 0.521. The Kier molecular flexibility index (Phi) is 6.88. The molecule has 31 heavy (non-hydrogen) atoms. The zero-order valence-corrected chi connectivity index (χ0v) is 17.0. The number of nitrogens with one attached hydrogen (secondary N) is 2. The highest BCUT2D eigenvalue weighted by molar-refractivity contribution is 6.00. The van der Waals surface area contributed by atoms with Gasteiger partial charge in [-0.25, -0.2) is 0 Å². The summed E-state index contributed by atoms with van der Waals surface area (Å²) in [6.07, 6.45) is 0. The molecule has 2 N–H and O–H groups in total. The first-order valence-corrected chi connectivity index (χ1v) is 9.38. The number of morpholine rings is 1. The number of amides is 2. The second-order valence-electron chi connectivity index (χ2n) is 6.54. The number of ether oxygens (including phenoxy) is 3. The number of hydrogen-bond donors (Lipinski definition) is 2. The van der Waals surface area contributed by atoms with Crippen molar-refractivity contribution < 1.29 is 28.7 Å². The number of anilines is 1. The van der Waals surface area contributed by atoms with Crippen molar-refractivity contribution in [1.29, 1.82) is 0 Å². The number of carbonyl (C=O) groups excluding carboxylic acids is 2. The van der Waals surface area contributed by atoms with E-state index < -0.39 is 16.7 Å². The number of hydrazine groups is 1. The maximum atomic E-state index is 12.4. The molecule has 1 fully saturated rings. The highest BCUT2D eigenvalue weighted by Crippen LogP contribution is 2.30. The smallest absolute Gasteiger partial charge is 0.293 e. The number of carbonyl (C=O) groups is 2. The lowest BCUT2D eigenvalue weighted by Crippen LogP contribution is -2.41. The van der Waals surface area contributed by atoms with Crippen LogP contribution in [0.2, 0.25) is 0 Å². The van der Waals surface area contributed by atoms with Crippen molar-refractivity contribution in [1.82, 2.24) is 10.9 Å². The number of hydrogen-bond acceptors (Lipinski definition) is 8. The Balaban J connectivity index is 1.71. The molecule has 0 saturated carbocycles. The van der Waals surface area contributed by atoms with E-state index >= 15 is 0 Å². The molecule has 0 aromatic heterocycles. The van der Waals surface area contributed by atoms with Gasteiger partial charge < -0.3 is 19.1 Å². The summed E-state index contributed by atoms with van der Waals surface area (Å²) in [6.45, 7) is 1.99. The van der Waals surface area contributed by atoms with Gasteiger partial charge in [-0.05, 0) is 30.3 Å². The molecule has 1 saturated heterocycles. The highest BCUT2D eigenvalue weighted by atomic mass is 16.6. The molecule has 1 aliphatic heterocycles. The van der Waals surface area contributed by atoms with Gasteiger partial charge >= 0.3 is 0 Å². The Morgan fingerprint density at radius 2 is 1.55 bits per heavy atom. The number of nitro groups is 1. The Hall–Kier alpha value is -3.86. The molecule has 11 nitrogen and oxygen atoms in total. The van der Waals surface area contributed by atoms with Crippen LogP contribution in [0, 0.1) is 10.1 Å². The van der Waals surface area contributed by atoms with Gasteiger partial charge in [-0.1, -0.05) is 0 Å². The normalized spacial score (nSPS) is 13.3. The molecule has 0 spiro atoms. The SMILES string of the molecule is COc1ccc(C(=O)NNC(=O)c2ccc(N3CCOCC3)c([N+](=O)[O-])c2)cc1OC. The first kappa shape index (κ1) is 21.8. The van der Waals surface area contributed by atoms with Crippen molar-refractivity contribution in [3.63, 3.8) is 0 Å². The number of benzene rings is 2. The van der Waals surface area contributed by atoms with Gasteiger partial charge in [0, 0.05) is 30.3 Å². The fourth-order valence-electron chi connectivity index (χ4n) is 3.12. The molecule has 11 heteroatoms. The molecular weight excluding hydrogens is 408 g/mol. The third-order valence-corrected chi connectivity index (χ3v) is 4.72. The average molecular weight is 430 g/mol. The van der Waals surface area contributed by atoms with E-state index in [9.17, 15) is 19.7 Å². The average Bonchev–Trinajstić information content (AvgIpc) is 2.81. The van der Waals surface area contributed by atoms with Gasteiger partial charge in [0.2, 0.25) is 0 Å². The summed E-state index contributed by atoms with van der Waals surface area (Å²) < 4.78 is 15.5. The van der Waals surface area contributed by atoms with Gasteiger partial charge in [-0.3, -0.25) is 30.6 Å². The zero-order chi connectivity index (χ0) is 22.4. The third-order valence-electron chi connectivity index (χ3n) is 4.72. The van der Waals surface area contributed by atoms with Crippen LogP contribution in [-0.4, -0.2) is 57.3 Å². The van der Waals surface area contributed by atoms with E-state index in [1.807, 2.05) is 4.90 Å². The van der Waals surface area contributed by atoms with Crippen molar-refractivity contribution in [2.45, 2.75) is 0 Å². The van der Waals surface area contributed by atoms with E-state index in [0.29, 0.717) is 43.5 Å². The minimum atomic E-state index is -0.689. The summed E-state index contributed by atoms with van der Waals surface area (Å²) in [5.74, 6) is -0.467. The molecule has 2 aromatic carbocycles. The summed E-state index contributed by atoms with van der Waals surface area (Å²) in [4.78, 5) is 37.6.